The Labute approximate surface area is 203 Å². The van der Waals surface area contributed by atoms with E-state index in [9.17, 15) is 18.0 Å². The lowest BCUT2D eigenvalue weighted by molar-refractivity contribution is -0.141. The van der Waals surface area contributed by atoms with Crippen LogP contribution >= 0.6 is 0 Å². The quantitative estimate of drug-likeness (QED) is 0.440. The predicted molar refractivity (Wildman–Crippen MR) is 126 cm³/mol. The molecule has 4 heterocycles. The number of aromatic nitrogens is 5. The van der Waals surface area contributed by atoms with Gasteiger partial charge in [0, 0.05) is 42.3 Å². The molecule has 2 aliphatic rings. The first kappa shape index (κ1) is 23.9. The summed E-state index contributed by atoms with van der Waals surface area (Å²) in [5.74, 6) is 0.216. The third-order valence-corrected chi connectivity index (χ3v) is 5.98. The molecule has 0 aromatic carbocycles. The van der Waals surface area contributed by atoms with E-state index in [1.165, 1.54) is 18.5 Å². The van der Waals surface area contributed by atoms with Gasteiger partial charge in [0.25, 0.3) is 5.56 Å². The number of hydrogen-bond acceptors (Lipinski definition) is 9. The van der Waals surface area contributed by atoms with E-state index in [0.717, 1.165) is 25.1 Å². The molecular formula is C23H23F3N8O2. The molecule has 0 unspecified atom stereocenters. The summed E-state index contributed by atoms with van der Waals surface area (Å²) in [6, 6.07) is 2.54. The van der Waals surface area contributed by atoms with Gasteiger partial charge < -0.3 is 20.4 Å². The Hall–Kier alpha value is -3.87. The summed E-state index contributed by atoms with van der Waals surface area (Å²) in [5, 5.41) is 17.5. The smallest absolute Gasteiger partial charge is 0.388 e. The van der Waals surface area contributed by atoms with Gasteiger partial charge in [-0.15, -0.1) is 0 Å². The van der Waals surface area contributed by atoms with Crippen molar-refractivity contribution in [1.29, 1.82) is 5.41 Å². The first-order chi connectivity index (χ1) is 17.2. The fourth-order valence-electron chi connectivity index (χ4n) is 4.01. The average molecular weight is 500 g/mol. The molecule has 1 aliphatic heterocycles. The molecule has 2 fully saturated rings. The molecule has 0 bridgehead atoms. The molecule has 36 heavy (non-hydrogen) atoms. The van der Waals surface area contributed by atoms with Crippen molar-refractivity contribution in [3.63, 3.8) is 0 Å². The molecule has 3 aromatic heterocycles. The third-order valence-electron chi connectivity index (χ3n) is 5.98. The van der Waals surface area contributed by atoms with Crippen molar-refractivity contribution in [1.82, 2.24) is 30.5 Å². The SMILES string of the molecule is C[C@@H]1CN(c2nc(-c3ccc(C(F)(F)F)nc3)c3cn[nH]c(=O)c3n2)C[C@H](/C(C=N)=C/NC2CC2)O1. The van der Waals surface area contributed by atoms with Crippen LogP contribution in [0.2, 0.25) is 0 Å². The van der Waals surface area contributed by atoms with Crippen LogP contribution < -0.4 is 15.8 Å². The van der Waals surface area contributed by atoms with E-state index in [2.05, 4.69) is 30.5 Å². The maximum absolute atomic E-state index is 13.0. The largest absolute Gasteiger partial charge is 0.433 e. The van der Waals surface area contributed by atoms with E-state index in [1.54, 1.807) is 6.20 Å². The van der Waals surface area contributed by atoms with E-state index in [4.69, 9.17) is 10.1 Å². The molecule has 1 aliphatic carbocycles. The first-order valence-electron chi connectivity index (χ1n) is 11.4. The normalized spacial score (nSPS) is 21.0. The number of nitrogens with zero attached hydrogens (tertiary/aromatic N) is 5. The molecule has 10 nitrogen and oxygen atoms in total. The molecule has 3 aromatic rings. The standard InChI is InChI=1S/C23H23F3N8O2/c1-12-10-34(11-17(36-12)14(6-27)8-28-15-3-4-15)22-31-19(16-9-30-33-21(35)20(16)32-22)13-2-5-18(29-7-13)23(24,25)26/h2,5-9,12,15,17,27-28H,3-4,10-11H2,1H3,(H,33,35)/b14-8+,27-6?/t12-,17-/m1/s1. The van der Waals surface area contributed by atoms with Crippen LogP contribution in [0.1, 0.15) is 25.5 Å². The van der Waals surface area contributed by atoms with Crippen molar-refractivity contribution < 1.29 is 17.9 Å². The van der Waals surface area contributed by atoms with E-state index < -0.39 is 23.5 Å². The van der Waals surface area contributed by atoms with Crippen LogP contribution in [0.5, 0.6) is 0 Å². The summed E-state index contributed by atoms with van der Waals surface area (Å²) in [7, 11) is 0. The molecule has 0 spiro atoms. The lowest BCUT2D eigenvalue weighted by Crippen LogP contribution is -2.48. The summed E-state index contributed by atoms with van der Waals surface area (Å²) in [6.07, 6.45) is 2.39. The fourth-order valence-corrected chi connectivity index (χ4v) is 4.01. The Morgan fingerprint density at radius 1 is 1.25 bits per heavy atom. The highest BCUT2D eigenvalue weighted by molar-refractivity contribution is 5.91. The number of aromatic amines is 1. The van der Waals surface area contributed by atoms with Crippen molar-refractivity contribution in [2.75, 3.05) is 18.0 Å². The number of pyridine rings is 1. The molecule has 2 atom stereocenters. The molecule has 0 amide bonds. The van der Waals surface area contributed by atoms with Gasteiger partial charge in [-0.3, -0.25) is 9.78 Å². The zero-order valence-electron chi connectivity index (χ0n) is 19.2. The van der Waals surface area contributed by atoms with Crippen LogP contribution in [0.25, 0.3) is 22.2 Å². The molecule has 5 rings (SSSR count). The van der Waals surface area contributed by atoms with Crippen molar-refractivity contribution in [2.24, 2.45) is 0 Å². The van der Waals surface area contributed by atoms with E-state index in [-0.39, 0.29) is 34.2 Å². The molecule has 1 saturated carbocycles. The minimum absolute atomic E-state index is 0.0545. The van der Waals surface area contributed by atoms with E-state index >= 15 is 0 Å². The first-order valence-corrected chi connectivity index (χ1v) is 11.4. The number of alkyl halides is 3. The van der Waals surface area contributed by atoms with Crippen LogP contribution in [-0.4, -0.2) is 62.7 Å². The van der Waals surface area contributed by atoms with Gasteiger partial charge in [-0.1, -0.05) is 0 Å². The van der Waals surface area contributed by atoms with Gasteiger partial charge >= 0.3 is 6.18 Å². The van der Waals surface area contributed by atoms with Crippen molar-refractivity contribution >= 4 is 23.1 Å². The van der Waals surface area contributed by atoms with Crippen LogP contribution in [-0.2, 0) is 10.9 Å². The van der Waals surface area contributed by atoms with Gasteiger partial charge in [-0.25, -0.2) is 15.1 Å². The van der Waals surface area contributed by atoms with Gasteiger partial charge in [-0.05, 0) is 31.9 Å². The summed E-state index contributed by atoms with van der Waals surface area (Å²) >= 11 is 0. The second-order valence-corrected chi connectivity index (χ2v) is 8.83. The highest BCUT2D eigenvalue weighted by Gasteiger charge is 2.33. The fraction of sp³-hybridized carbons (Fsp3) is 0.391. The molecule has 13 heteroatoms. The Bertz CT molecular complexity index is 1370. The number of hydrogen-bond donors (Lipinski definition) is 3. The molecule has 188 valence electrons. The molecule has 1 saturated heterocycles. The summed E-state index contributed by atoms with van der Waals surface area (Å²) < 4.78 is 45.1. The second-order valence-electron chi connectivity index (χ2n) is 8.83. The minimum atomic E-state index is -4.58. The van der Waals surface area contributed by atoms with Gasteiger partial charge in [0.1, 0.15) is 17.3 Å². The number of halogens is 3. The van der Waals surface area contributed by atoms with Crippen molar-refractivity contribution in [2.45, 2.75) is 44.2 Å². The maximum atomic E-state index is 13.0. The Balaban J connectivity index is 1.54. The number of morpholine rings is 1. The Morgan fingerprint density at radius 2 is 2.06 bits per heavy atom. The summed E-state index contributed by atoms with van der Waals surface area (Å²) in [5.41, 5.74) is -0.341. The lowest BCUT2D eigenvalue weighted by atomic mass is 10.1. The topological polar surface area (TPSA) is 133 Å². The maximum Gasteiger partial charge on any atom is 0.433 e. The Morgan fingerprint density at radius 3 is 2.72 bits per heavy atom. The molecule has 3 N–H and O–H groups in total. The van der Waals surface area contributed by atoms with E-state index in [1.807, 2.05) is 11.8 Å². The van der Waals surface area contributed by atoms with E-state index in [0.29, 0.717) is 24.7 Å². The van der Waals surface area contributed by atoms with Gasteiger partial charge in [0.15, 0.2) is 0 Å². The zero-order valence-corrected chi connectivity index (χ0v) is 19.2. The van der Waals surface area contributed by atoms with Crippen molar-refractivity contribution in [3.05, 3.63) is 52.3 Å². The van der Waals surface area contributed by atoms with Crippen molar-refractivity contribution in [3.8, 4) is 11.3 Å². The highest BCUT2D eigenvalue weighted by atomic mass is 19.4. The van der Waals surface area contributed by atoms with Gasteiger partial charge in [0.2, 0.25) is 5.95 Å². The predicted octanol–water partition coefficient (Wildman–Crippen LogP) is 2.67. The van der Waals surface area contributed by atoms with Crippen LogP contribution in [0.4, 0.5) is 19.1 Å². The number of fused-ring (bicyclic) bond motifs is 1. The Kier molecular flexibility index (Phi) is 6.16. The van der Waals surface area contributed by atoms with Crippen LogP contribution in [0.3, 0.4) is 0 Å². The molecular weight excluding hydrogens is 477 g/mol. The van der Waals surface area contributed by atoms with Crippen LogP contribution in [0.15, 0.2) is 41.1 Å². The minimum Gasteiger partial charge on any atom is -0.388 e. The number of ether oxygens (including phenoxy) is 1. The summed E-state index contributed by atoms with van der Waals surface area (Å²) in [4.78, 5) is 27.0. The third kappa shape index (κ3) is 4.91. The number of anilines is 1. The molecule has 0 radical (unpaired) electrons. The zero-order chi connectivity index (χ0) is 25.4. The van der Waals surface area contributed by atoms with Crippen LogP contribution in [0, 0.1) is 5.41 Å². The number of rotatable bonds is 6. The average Bonchev–Trinajstić information content (AvgIpc) is 3.68. The monoisotopic (exact) mass is 500 g/mol. The summed E-state index contributed by atoms with van der Waals surface area (Å²) in [6.45, 7) is 2.61. The van der Waals surface area contributed by atoms with Gasteiger partial charge in [-0.2, -0.15) is 18.3 Å². The van der Waals surface area contributed by atoms with Gasteiger partial charge in [0.05, 0.1) is 29.9 Å². The number of H-pyrrole nitrogens is 1. The lowest BCUT2D eigenvalue weighted by Gasteiger charge is -2.37. The second kappa shape index (κ2) is 9.30. The number of nitrogens with one attached hydrogen (secondary N) is 3. The highest BCUT2D eigenvalue weighted by Crippen LogP contribution is 2.31.